The van der Waals surface area contributed by atoms with Crippen molar-refractivity contribution in [3.05, 3.63) is 0 Å². The maximum atomic E-state index is 4.58. The topological polar surface area (TPSA) is 21.3 Å². The van der Waals surface area contributed by atoms with Crippen LogP contribution in [0.4, 0.5) is 0 Å². The third-order valence-electron chi connectivity index (χ3n) is 0.289. The van der Waals surface area contributed by atoms with Crippen LogP contribution in [0.2, 0.25) is 0 Å². The summed E-state index contributed by atoms with van der Waals surface area (Å²) >= 11 is 0. The van der Waals surface area contributed by atoms with Crippen LogP contribution in [0.1, 0.15) is 6.92 Å². The van der Waals surface area contributed by atoms with Gasteiger partial charge in [-0.2, -0.15) is 0 Å². The summed E-state index contributed by atoms with van der Waals surface area (Å²) < 4.78 is 0. The molecule has 0 bridgehead atoms. The van der Waals surface area contributed by atoms with Crippen molar-refractivity contribution >= 4 is 12.4 Å². The van der Waals surface area contributed by atoms with E-state index in [1.807, 2.05) is 6.92 Å². The molecule has 0 aromatic heterocycles. The lowest BCUT2D eigenvalue weighted by Crippen LogP contribution is -2.05. The van der Waals surface area contributed by atoms with E-state index in [1.54, 1.807) is 7.05 Å². The first-order chi connectivity index (χ1) is 2.41. The molecule has 0 aliphatic carbocycles. The van der Waals surface area contributed by atoms with Crippen molar-refractivity contribution in [2.24, 2.45) is 0 Å². The molecule has 0 saturated carbocycles. The molecule has 0 amide bonds. The molecule has 0 radical (unpaired) electrons. The van der Waals surface area contributed by atoms with Gasteiger partial charge in [0.25, 0.3) is 0 Å². The van der Waals surface area contributed by atoms with Gasteiger partial charge in [-0.15, -0.1) is 12.4 Å². The first-order valence-corrected chi connectivity index (χ1v) is 1.70. The highest BCUT2D eigenvalue weighted by Crippen LogP contribution is 1.53. The molecule has 0 aliphatic rings. The normalized spacial score (nSPS) is 7.00. The van der Waals surface area contributed by atoms with Gasteiger partial charge in [0.15, 0.2) is 0 Å². The van der Waals surface area contributed by atoms with Gasteiger partial charge in [-0.1, -0.05) is 0 Å². The molecule has 1 N–H and O–H groups in total. The van der Waals surface area contributed by atoms with Crippen LogP contribution < -0.4 is 5.48 Å². The summed E-state index contributed by atoms with van der Waals surface area (Å²) in [6.07, 6.45) is 0. The Morgan fingerprint density at radius 2 is 2.17 bits per heavy atom. The van der Waals surface area contributed by atoms with Crippen LogP contribution in [0.15, 0.2) is 0 Å². The molecule has 6 heavy (non-hydrogen) atoms. The lowest BCUT2D eigenvalue weighted by Gasteiger charge is -1.88. The smallest absolute Gasteiger partial charge is 0.0653 e. The Labute approximate surface area is 44.2 Å². The molecule has 0 aromatic rings. The number of nitrogens with one attached hydrogen (secondary N) is 1. The number of halogens is 1. The average molecular weight is 112 g/mol. The standard InChI is InChI=1S/C3H9NO.ClH/c1-3-5-4-2;/h4H,3H2,1-2H3;1H. The molecular weight excluding hydrogens is 101 g/mol. The molecule has 0 atom stereocenters. The zero-order valence-electron chi connectivity index (χ0n) is 4.02. The van der Waals surface area contributed by atoms with Gasteiger partial charge in [0.05, 0.1) is 6.61 Å². The predicted molar refractivity (Wildman–Crippen MR) is 27.9 cm³/mol. The average Bonchev–Trinajstić information content (AvgIpc) is 1.41. The maximum absolute atomic E-state index is 4.58. The van der Waals surface area contributed by atoms with E-state index in [-0.39, 0.29) is 12.4 Å². The maximum Gasteiger partial charge on any atom is 0.0653 e. The van der Waals surface area contributed by atoms with Crippen molar-refractivity contribution in [2.75, 3.05) is 13.7 Å². The molecule has 0 rings (SSSR count). The van der Waals surface area contributed by atoms with E-state index in [4.69, 9.17) is 0 Å². The predicted octanol–water partition coefficient (Wildman–Crippen LogP) is 0.579. The third-order valence-corrected chi connectivity index (χ3v) is 0.289. The van der Waals surface area contributed by atoms with E-state index in [9.17, 15) is 0 Å². The van der Waals surface area contributed by atoms with E-state index in [1.165, 1.54) is 0 Å². The highest BCUT2D eigenvalue weighted by atomic mass is 35.5. The molecule has 0 aliphatic heterocycles. The molecule has 0 unspecified atom stereocenters. The minimum absolute atomic E-state index is 0. The van der Waals surface area contributed by atoms with Crippen molar-refractivity contribution in [1.82, 2.24) is 5.48 Å². The fourth-order valence-electron chi connectivity index (χ4n) is 0.144. The van der Waals surface area contributed by atoms with E-state index in [0.29, 0.717) is 0 Å². The molecule has 0 fully saturated rings. The van der Waals surface area contributed by atoms with Gasteiger partial charge in [0, 0.05) is 7.05 Å². The van der Waals surface area contributed by atoms with Crippen LogP contribution >= 0.6 is 12.4 Å². The van der Waals surface area contributed by atoms with Crippen molar-refractivity contribution in [3.63, 3.8) is 0 Å². The Bertz CT molecular complexity index is 18.3. The summed E-state index contributed by atoms with van der Waals surface area (Å²) in [5.74, 6) is 0. The fraction of sp³-hybridized carbons (Fsp3) is 1.00. The second kappa shape index (κ2) is 8.96. The molecule has 0 spiro atoms. The van der Waals surface area contributed by atoms with Crippen molar-refractivity contribution < 1.29 is 4.84 Å². The highest BCUT2D eigenvalue weighted by molar-refractivity contribution is 5.85. The third kappa shape index (κ3) is 8.88. The van der Waals surface area contributed by atoms with Crippen molar-refractivity contribution in [3.8, 4) is 0 Å². The lowest BCUT2D eigenvalue weighted by molar-refractivity contribution is 0.0687. The zero-order valence-corrected chi connectivity index (χ0v) is 4.84. The Balaban J connectivity index is 0. The van der Waals surface area contributed by atoms with Crippen molar-refractivity contribution in [2.45, 2.75) is 6.92 Å². The summed E-state index contributed by atoms with van der Waals surface area (Å²) in [5, 5.41) is 0. The van der Waals surface area contributed by atoms with Crippen molar-refractivity contribution in [1.29, 1.82) is 0 Å². The Kier molecular flexibility index (Phi) is 14.2. The SMILES string of the molecule is CCONC.Cl. The van der Waals surface area contributed by atoms with E-state index in [2.05, 4.69) is 10.3 Å². The second-order valence-electron chi connectivity index (χ2n) is 0.637. The Hall–Kier alpha value is 0.210. The number of hydrogen-bond donors (Lipinski definition) is 1. The van der Waals surface area contributed by atoms with Crippen LogP contribution in [0.25, 0.3) is 0 Å². The second-order valence-corrected chi connectivity index (χ2v) is 0.637. The van der Waals surface area contributed by atoms with Gasteiger partial charge in [0.2, 0.25) is 0 Å². The molecule has 2 nitrogen and oxygen atoms in total. The number of rotatable bonds is 2. The quantitative estimate of drug-likeness (QED) is 0.527. The molecule has 40 valence electrons. The molecular formula is C3H10ClNO. The minimum Gasteiger partial charge on any atom is -0.302 e. The summed E-state index contributed by atoms with van der Waals surface area (Å²) in [6.45, 7) is 2.66. The fourth-order valence-corrected chi connectivity index (χ4v) is 0.144. The Morgan fingerprint density at radius 1 is 1.67 bits per heavy atom. The van der Waals surface area contributed by atoms with Crippen LogP contribution in [0.5, 0.6) is 0 Å². The van der Waals surface area contributed by atoms with Gasteiger partial charge in [-0.25, -0.2) is 5.48 Å². The number of hydrogen-bond acceptors (Lipinski definition) is 2. The molecule has 0 heterocycles. The van der Waals surface area contributed by atoms with Gasteiger partial charge in [0.1, 0.15) is 0 Å². The van der Waals surface area contributed by atoms with Gasteiger partial charge in [-0.3, -0.25) is 0 Å². The summed E-state index contributed by atoms with van der Waals surface area (Å²) in [6, 6.07) is 0. The molecule has 0 aromatic carbocycles. The van der Waals surface area contributed by atoms with E-state index >= 15 is 0 Å². The monoisotopic (exact) mass is 111 g/mol. The lowest BCUT2D eigenvalue weighted by atomic mass is 10.9. The van der Waals surface area contributed by atoms with Crippen LogP contribution in [-0.2, 0) is 4.84 Å². The van der Waals surface area contributed by atoms with Gasteiger partial charge < -0.3 is 4.84 Å². The summed E-state index contributed by atoms with van der Waals surface area (Å²) in [4.78, 5) is 4.58. The summed E-state index contributed by atoms with van der Waals surface area (Å²) in [7, 11) is 1.74. The van der Waals surface area contributed by atoms with Crippen LogP contribution in [0, 0.1) is 0 Å². The summed E-state index contributed by atoms with van der Waals surface area (Å²) in [5.41, 5.74) is 2.52. The largest absolute Gasteiger partial charge is 0.302 e. The Morgan fingerprint density at radius 3 is 2.17 bits per heavy atom. The first kappa shape index (κ1) is 9.51. The zero-order chi connectivity index (χ0) is 4.12. The van der Waals surface area contributed by atoms with E-state index < -0.39 is 0 Å². The highest BCUT2D eigenvalue weighted by Gasteiger charge is 1.61. The molecule has 3 heteroatoms. The first-order valence-electron chi connectivity index (χ1n) is 1.70. The van der Waals surface area contributed by atoms with E-state index in [0.717, 1.165) is 6.61 Å². The van der Waals surface area contributed by atoms with Crippen LogP contribution in [-0.4, -0.2) is 13.7 Å². The van der Waals surface area contributed by atoms with Gasteiger partial charge >= 0.3 is 0 Å². The molecule has 0 saturated heterocycles. The number of hydroxylamine groups is 1. The van der Waals surface area contributed by atoms with Crippen LogP contribution in [0.3, 0.4) is 0 Å². The van der Waals surface area contributed by atoms with Gasteiger partial charge in [-0.05, 0) is 6.92 Å². The minimum atomic E-state index is 0.